The molecule has 0 bridgehead atoms. The Morgan fingerprint density at radius 2 is 2.21 bits per heavy atom. The Morgan fingerprint density at radius 1 is 1.47 bits per heavy atom. The van der Waals surface area contributed by atoms with E-state index in [9.17, 15) is 13.6 Å². The number of hydrogen-bond acceptors (Lipinski definition) is 2. The lowest BCUT2D eigenvalue weighted by molar-refractivity contribution is -0.117. The van der Waals surface area contributed by atoms with Crippen molar-refractivity contribution in [3.05, 3.63) is 38.7 Å². The average molecular weight is 331 g/mol. The van der Waals surface area contributed by atoms with Crippen LogP contribution in [0.3, 0.4) is 0 Å². The van der Waals surface area contributed by atoms with Crippen LogP contribution in [-0.4, -0.2) is 19.0 Å². The lowest BCUT2D eigenvalue weighted by atomic mass is 10.1. The van der Waals surface area contributed by atoms with Gasteiger partial charge in [-0.2, -0.15) is 0 Å². The third kappa shape index (κ3) is 2.69. The largest absolute Gasteiger partial charge is 0.309 e. The monoisotopic (exact) mass is 330 g/mol. The van der Waals surface area contributed by atoms with E-state index < -0.39 is 11.6 Å². The molecule has 1 unspecified atom stereocenters. The van der Waals surface area contributed by atoms with Gasteiger partial charge in [0, 0.05) is 24.4 Å². The zero-order valence-electron chi connectivity index (χ0n) is 9.68. The molecule has 1 aromatic carbocycles. The van der Waals surface area contributed by atoms with Crippen molar-refractivity contribution in [2.75, 3.05) is 18.0 Å². The molecule has 0 radical (unpaired) electrons. The number of benzene rings is 1. The highest BCUT2D eigenvalue weighted by Crippen LogP contribution is 2.31. The highest BCUT2D eigenvalue weighted by atomic mass is 79.9. The minimum atomic E-state index is -1.06. The van der Waals surface area contributed by atoms with Gasteiger partial charge in [0.05, 0.1) is 10.2 Å². The fraction of sp³-hybridized carbons (Fsp3) is 0.364. The Bertz CT molecular complexity index is 574. The van der Waals surface area contributed by atoms with Gasteiger partial charge in [-0.3, -0.25) is 4.79 Å². The number of rotatable bonds is 3. The summed E-state index contributed by atoms with van der Waals surface area (Å²) in [7, 11) is 0. The van der Waals surface area contributed by atoms with Crippen LogP contribution in [0.4, 0.5) is 14.5 Å². The molecule has 1 saturated heterocycles. The fourth-order valence-electron chi connectivity index (χ4n) is 2.01. The molecule has 1 aromatic rings. The number of hydrogen-bond donors (Lipinski definition) is 0. The topological polar surface area (TPSA) is 69.1 Å². The summed E-state index contributed by atoms with van der Waals surface area (Å²) in [6, 6.07) is 2.69. The molecule has 1 heterocycles. The van der Waals surface area contributed by atoms with Crippen molar-refractivity contribution in [2.24, 2.45) is 11.0 Å². The SMILES string of the molecule is [N-]=[N+]=NCC1CC(=O)N(c2ccc(Br)c(F)c2F)C1. The Kier molecular flexibility index (Phi) is 4.01. The Morgan fingerprint density at radius 3 is 2.89 bits per heavy atom. The Balaban J connectivity index is 2.26. The van der Waals surface area contributed by atoms with Gasteiger partial charge in [-0.1, -0.05) is 5.11 Å². The molecule has 0 spiro atoms. The molecule has 1 amide bonds. The van der Waals surface area contributed by atoms with E-state index in [1.54, 1.807) is 0 Å². The molecule has 1 aliphatic rings. The number of azide groups is 1. The maximum absolute atomic E-state index is 13.8. The van der Waals surface area contributed by atoms with Gasteiger partial charge in [-0.15, -0.1) is 0 Å². The quantitative estimate of drug-likeness (QED) is 0.362. The summed E-state index contributed by atoms with van der Waals surface area (Å²) in [4.78, 5) is 15.6. The third-order valence-electron chi connectivity index (χ3n) is 2.91. The number of nitrogens with zero attached hydrogens (tertiary/aromatic N) is 4. The Hall–Kier alpha value is -1.66. The van der Waals surface area contributed by atoms with Crippen LogP contribution < -0.4 is 4.90 Å². The van der Waals surface area contributed by atoms with Gasteiger partial charge in [0.2, 0.25) is 5.91 Å². The fourth-order valence-corrected chi connectivity index (χ4v) is 2.32. The molecular weight excluding hydrogens is 322 g/mol. The lowest BCUT2D eigenvalue weighted by Gasteiger charge is -2.17. The second-order valence-electron chi connectivity index (χ2n) is 4.18. The molecule has 2 rings (SSSR count). The second kappa shape index (κ2) is 5.54. The zero-order valence-corrected chi connectivity index (χ0v) is 11.3. The minimum Gasteiger partial charge on any atom is -0.309 e. The molecule has 1 fully saturated rings. The van der Waals surface area contributed by atoms with Crippen molar-refractivity contribution in [2.45, 2.75) is 6.42 Å². The summed E-state index contributed by atoms with van der Waals surface area (Å²) in [5.41, 5.74) is 8.14. The number of anilines is 1. The van der Waals surface area contributed by atoms with Crippen molar-refractivity contribution in [3.63, 3.8) is 0 Å². The average Bonchev–Trinajstić information content (AvgIpc) is 2.75. The first kappa shape index (κ1) is 13.8. The summed E-state index contributed by atoms with van der Waals surface area (Å²) < 4.78 is 27.2. The standard InChI is InChI=1S/C11H9BrF2N4O/c12-7-1-2-8(11(14)10(7)13)18-5-6(3-9(18)19)4-16-17-15/h1-2,6H,3-5H2. The van der Waals surface area contributed by atoms with E-state index >= 15 is 0 Å². The first-order valence-corrected chi connectivity index (χ1v) is 6.28. The van der Waals surface area contributed by atoms with Crippen molar-refractivity contribution in [1.82, 2.24) is 0 Å². The molecule has 8 heteroatoms. The zero-order chi connectivity index (χ0) is 14.0. The molecule has 100 valence electrons. The van der Waals surface area contributed by atoms with Crippen LogP contribution >= 0.6 is 15.9 Å². The van der Waals surface area contributed by atoms with Crippen LogP contribution in [0.15, 0.2) is 21.7 Å². The van der Waals surface area contributed by atoms with Crippen LogP contribution in [-0.2, 0) is 4.79 Å². The molecule has 19 heavy (non-hydrogen) atoms. The first-order chi connectivity index (χ1) is 9.04. The maximum Gasteiger partial charge on any atom is 0.227 e. The molecule has 1 atom stereocenters. The predicted molar refractivity (Wildman–Crippen MR) is 68.5 cm³/mol. The van der Waals surface area contributed by atoms with E-state index in [1.165, 1.54) is 17.0 Å². The molecule has 0 N–H and O–H groups in total. The van der Waals surface area contributed by atoms with E-state index in [2.05, 4.69) is 26.0 Å². The van der Waals surface area contributed by atoms with Gasteiger partial charge in [0.15, 0.2) is 11.6 Å². The molecule has 0 aromatic heterocycles. The number of carbonyl (C=O) groups excluding carboxylic acids is 1. The van der Waals surface area contributed by atoms with E-state index in [-0.39, 0.29) is 41.5 Å². The van der Waals surface area contributed by atoms with Crippen molar-refractivity contribution in [1.29, 1.82) is 0 Å². The van der Waals surface area contributed by atoms with Crippen molar-refractivity contribution >= 4 is 27.5 Å². The van der Waals surface area contributed by atoms with E-state index in [0.29, 0.717) is 0 Å². The van der Waals surface area contributed by atoms with E-state index in [1.807, 2.05) is 0 Å². The minimum absolute atomic E-state index is 0.00558. The highest BCUT2D eigenvalue weighted by Gasteiger charge is 2.32. The number of carbonyl (C=O) groups is 1. The second-order valence-corrected chi connectivity index (χ2v) is 5.04. The normalized spacial score (nSPS) is 18.6. The van der Waals surface area contributed by atoms with Gasteiger partial charge in [-0.05, 0) is 39.5 Å². The summed E-state index contributed by atoms with van der Waals surface area (Å²) in [5, 5.41) is 3.40. The van der Waals surface area contributed by atoms with Gasteiger partial charge in [0.25, 0.3) is 0 Å². The molecule has 0 aliphatic carbocycles. The maximum atomic E-state index is 13.8. The van der Waals surface area contributed by atoms with E-state index in [0.717, 1.165) is 0 Å². The molecule has 5 nitrogen and oxygen atoms in total. The highest BCUT2D eigenvalue weighted by molar-refractivity contribution is 9.10. The first-order valence-electron chi connectivity index (χ1n) is 5.49. The van der Waals surface area contributed by atoms with Gasteiger partial charge < -0.3 is 4.90 Å². The van der Waals surface area contributed by atoms with Crippen LogP contribution in [0, 0.1) is 17.6 Å². The Labute approximate surface area is 116 Å². The van der Waals surface area contributed by atoms with Crippen LogP contribution in [0.2, 0.25) is 0 Å². The van der Waals surface area contributed by atoms with Crippen LogP contribution in [0.5, 0.6) is 0 Å². The smallest absolute Gasteiger partial charge is 0.227 e. The third-order valence-corrected chi connectivity index (χ3v) is 3.53. The van der Waals surface area contributed by atoms with E-state index in [4.69, 9.17) is 5.53 Å². The summed E-state index contributed by atoms with van der Waals surface area (Å²) in [5.74, 6) is -2.57. The van der Waals surface area contributed by atoms with Crippen molar-refractivity contribution in [3.8, 4) is 0 Å². The van der Waals surface area contributed by atoms with Crippen molar-refractivity contribution < 1.29 is 13.6 Å². The number of halogens is 3. The summed E-state index contributed by atoms with van der Waals surface area (Å²) in [6.07, 6.45) is 0.163. The molecule has 0 saturated carbocycles. The summed E-state index contributed by atoms with van der Waals surface area (Å²) in [6.45, 7) is 0.384. The molecule has 1 aliphatic heterocycles. The van der Waals surface area contributed by atoms with Gasteiger partial charge >= 0.3 is 0 Å². The van der Waals surface area contributed by atoms with Crippen LogP contribution in [0.1, 0.15) is 6.42 Å². The molecular formula is C11H9BrF2N4O. The lowest BCUT2D eigenvalue weighted by Crippen LogP contribution is -2.26. The summed E-state index contributed by atoms with van der Waals surface area (Å²) >= 11 is 2.88. The predicted octanol–water partition coefficient (Wildman–Crippen LogP) is 3.39. The van der Waals surface area contributed by atoms with Crippen LogP contribution in [0.25, 0.3) is 10.4 Å². The number of amides is 1. The van der Waals surface area contributed by atoms with Gasteiger partial charge in [0.1, 0.15) is 0 Å². The van der Waals surface area contributed by atoms with Gasteiger partial charge in [-0.25, -0.2) is 8.78 Å².